The Morgan fingerprint density at radius 1 is 1.03 bits per heavy atom. The van der Waals surface area contributed by atoms with Crippen molar-refractivity contribution < 1.29 is 34.3 Å². The predicted molar refractivity (Wildman–Crippen MR) is 128 cm³/mol. The van der Waals surface area contributed by atoms with Gasteiger partial charge in [-0.1, -0.05) is 26.8 Å². The topological polar surface area (TPSA) is 131 Å². The smallest absolute Gasteiger partial charge is 0.306 e. The zero-order chi connectivity index (χ0) is 24.8. The molecule has 0 saturated heterocycles. The summed E-state index contributed by atoms with van der Waals surface area (Å²) in [5.74, 6) is 0.258. The van der Waals surface area contributed by atoms with E-state index < -0.39 is 24.0 Å². The van der Waals surface area contributed by atoms with Crippen LogP contribution in [0.15, 0.2) is 18.2 Å². The van der Waals surface area contributed by atoms with Crippen molar-refractivity contribution in [3.8, 4) is 11.5 Å². The van der Waals surface area contributed by atoms with Crippen molar-refractivity contribution in [2.24, 2.45) is 23.5 Å². The summed E-state index contributed by atoms with van der Waals surface area (Å²) in [7, 11) is 1.65. The number of carbonyl (C=O) groups is 1. The van der Waals surface area contributed by atoms with E-state index in [-0.39, 0.29) is 18.9 Å². The summed E-state index contributed by atoms with van der Waals surface area (Å²) in [5, 5.41) is 28.5. The number of hydrogen-bond acceptors (Lipinski definition) is 7. The molecule has 0 spiro atoms. The molecule has 1 rings (SSSR count). The monoisotopic (exact) mass is 469 g/mol. The standard InChI is InChI=1S/C25H43NO7/c1-17(2)20(16-21(26)22(28)13-18(3)25(29)30)14-19-7-8-23(32-11-5-9-27)24(15-19)33-12-6-10-31-4/h7-8,15,17-18,20-22,27-28H,5-6,9-14,16,26H2,1-4H3,(H,29,30)/t18-,20+,21+,22+/m1/s1. The largest absolute Gasteiger partial charge is 0.490 e. The maximum Gasteiger partial charge on any atom is 0.306 e. The van der Waals surface area contributed by atoms with Crippen molar-refractivity contribution in [3.63, 3.8) is 0 Å². The Hall–Kier alpha value is -1.87. The Morgan fingerprint density at radius 2 is 1.70 bits per heavy atom. The molecule has 0 heterocycles. The number of rotatable bonds is 18. The molecule has 0 aromatic heterocycles. The van der Waals surface area contributed by atoms with Gasteiger partial charge in [0.25, 0.3) is 0 Å². The first-order valence-corrected chi connectivity index (χ1v) is 11.8. The Kier molecular flexibility index (Phi) is 14.0. The van der Waals surface area contributed by atoms with Crippen LogP contribution in [0.25, 0.3) is 0 Å². The van der Waals surface area contributed by atoms with Crippen molar-refractivity contribution in [1.82, 2.24) is 0 Å². The second-order valence-electron chi connectivity index (χ2n) is 9.05. The van der Waals surface area contributed by atoms with Gasteiger partial charge >= 0.3 is 5.97 Å². The van der Waals surface area contributed by atoms with E-state index in [2.05, 4.69) is 13.8 Å². The molecular formula is C25H43NO7. The molecule has 1 aromatic rings. The lowest BCUT2D eigenvalue weighted by molar-refractivity contribution is -0.142. The van der Waals surface area contributed by atoms with Crippen LogP contribution in [-0.4, -0.2) is 67.0 Å². The molecule has 0 aliphatic rings. The molecule has 0 amide bonds. The Bertz CT molecular complexity index is 683. The zero-order valence-corrected chi connectivity index (χ0v) is 20.5. The van der Waals surface area contributed by atoms with Crippen molar-refractivity contribution in [2.45, 2.75) is 65.0 Å². The van der Waals surface area contributed by atoms with Gasteiger partial charge in [0.2, 0.25) is 0 Å². The van der Waals surface area contributed by atoms with E-state index in [4.69, 9.17) is 30.2 Å². The number of aliphatic hydroxyl groups excluding tert-OH is 2. The molecule has 1 aromatic carbocycles. The number of ether oxygens (including phenoxy) is 3. The molecule has 33 heavy (non-hydrogen) atoms. The van der Waals surface area contributed by atoms with Gasteiger partial charge in [-0.15, -0.1) is 0 Å². The van der Waals surface area contributed by atoms with Crippen LogP contribution < -0.4 is 15.2 Å². The van der Waals surface area contributed by atoms with Gasteiger partial charge < -0.3 is 35.3 Å². The maximum absolute atomic E-state index is 11.1. The normalized spacial score (nSPS) is 15.2. The molecule has 0 unspecified atom stereocenters. The highest BCUT2D eigenvalue weighted by Crippen LogP contribution is 2.32. The fourth-order valence-electron chi connectivity index (χ4n) is 3.58. The number of carboxylic acid groups (broad SMARTS) is 1. The number of nitrogens with two attached hydrogens (primary N) is 1. The fraction of sp³-hybridized carbons (Fsp3) is 0.720. The average Bonchev–Trinajstić information content (AvgIpc) is 2.77. The highest BCUT2D eigenvalue weighted by Gasteiger charge is 2.26. The van der Waals surface area contributed by atoms with Crippen LogP contribution in [0.4, 0.5) is 0 Å². The third kappa shape index (κ3) is 11.2. The van der Waals surface area contributed by atoms with Crippen LogP contribution in [0.2, 0.25) is 0 Å². The Balaban J connectivity index is 2.88. The second kappa shape index (κ2) is 15.9. The molecule has 8 heteroatoms. The molecular weight excluding hydrogens is 426 g/mol. The van der Waals surface area contributed by atoms with E-state index >= 15 is 0 Å². The lowest BCUT2D eigenvalue weighted by atomic mass is 9.82. The highest BCUT2D eigenvalue weighted by molar-refractivity contribution is 5.69. The van der Waals surface area contributed by atoms with E-state index in [0.717, 1.165) is 18.4 Å². The minimum Gasteiger partial charge on any atom is -0.490 e. The molecule has 0 aliphatic carbocycles. The van der Waals surface area contributed by atoms with Crippen LogP contribution in [0.3, 0.4) is 0 Å². The van der Waals surface area contributed by atoms with E-state index in [1.807, 2.05) is 18.2 Å². The van der Waals surface area contributed by atoms with Crippen LogP contribution in [0, 0.1) is 17.8 Å². The van der Waals surface area contributed by atoms with Gasteiger partial charge in [-0.25, -0.2) is 0 Å². The third-order valence-electron chi connectivity index (χ3n) is 5.84. The summed E-state index contributed by atoms with van der Waals surface area (Å²) in [6.07, 6.45) is 1.91. The van der Waals surface area contributed by atoms with Gasteiger partial charge in [0.15, 0.2) is 11.5 Å². The van der Waals surface area contributed by atoms with Crippen LogP contribution >= 0.6 is 0 Å². The molecule has 8 nitrogen and oxygen atoms in total. The average molecular weight is 470 g/mol. The van der Waals surface area contributed by atoms with E-state index in [9.17, 15) is 9.90 Å². The second-order valence-corrected chi connectivity index (χ2v) is 9.05. The number of hydrogen-bond donors (Lipinski definition) is 4. The van der Waals surface area contributed by atoms with Gasteiger partial charge in [0.1, 0.15) is 0 Å². The number of carboxylic acids is 1. The molecule has 0 bridgehead atoms. The minimum atomic E-state index is -0.930. The van der Waals surface area contributed by atoms with Crippen molar-refractivity contribution in [3.05, 3.63) is 23.8 Å². The summed E-state index contributed by atoms with van der Waals surface area (Å²) in [6.45, 7) is 7.40. The lowest BCUT2D eigenvalue weighted by Gasteiger charge is -2.28. The maximum atomic E-state index is 11.1. The van der Waals surface area contributed by atoms with Crippen LogP contribution in [0.1, 0.15) is 52.0 Å². The van der Waals surface area contributed by atoms with E-state index in [0.29, 0.717) is 50.1 Å². The Labute approximate surface area is 198 Å². The van der Waals surface area contributed by atoms with E-state index in [1.54, 1.807) is 14.0 Å². The molecule has 4 atom stereocenters. The molecule has 190 valence electrons. The summed E-state index contributed by atoms with van der Waals surface area (Å²) < 4.78 is 16.8. The van der Waals surface area contributed by atoms with Crippen molar-refractivity contribution in [2.75, 3.05) is 33.5 Å². The van der Waals surface area contributed by atoms with E-state index in [1.165, 1.54) is 0 Å². The highest BCUT2D eigenvalue weighted by atomic mass is 16.5. The quantitative estimate of drug-likeness (QED) is 0.241. The van der Waals surface area contributed by atoms with Crippen molar-refractivity contribution in [1.29, 1.82) is 0 Å². The molecule has 5 N–H and O–H groups in total. The first-order valence-electron chi connectivity index (χ1n) is 11.8. The minimum absolute atomic E-state index is 0.0650. The van der Waals surface area contributed by atoms with Gasteiger partial charge in [-0.05, 0) is 48.8 Å². The first kappa shape index (κ1) is 29.2. The van der Waals surface area contributed by atoms with Gasteiger partial charge in [0, 0.05) is 39.2 Å². The predicted octanol–water partition coefficient (Wildman–Crippen LogP) is 2.87. The SMILES string of the molecule is COCCCOc1cc(C[C@@H](C[C@H](N)[C@@H](O)C[C@@H](C)C(=O)O)C(C)C)ccc1OCCCO. The number of aliphatic hydroxyl groups is 2. The summed E-state index contributed by atoms with van der Waals surface area (Å²) in [5.41, 5.74) is 7.33. The molecule has 0 saturated carbocycles. The third-order valence-corrected chi connectivity index (χ3v) is 5.84. The number of benzene rings is 1. The van der Waals surface area contributed by atoms with Gasteiger partial charge in [0.05, 0.1) is 25.2 Å². The molecule has 0 radical (unpaired) electrons. The van der Waals surface area contributed by atoms with Gasteiger partial charge in [-0.3, -0.25) is 4.79 Å². The van der Waals surface area contributed by atoms with Crippen molar-refractivity contribution >= 4 is 5.97 Å². The van der Waals surface area contributed by atoms with Crippen LogP contribution in [0.5, 0.6) is 11.5 Å². The lowest BCUT2D eigenvalue weighted by Crippen LogP contribution is -2.39. The van der Waals surface area contributed by atoms with Gasteiger partial charge in [-0.2, -0.15) is 0 Å². The molecule has 0 fully saturated rings. The molecule has 0 aliphatic heterocycles. The first-order chi connectivity index (χ1) is 15.7. The summed E-state index contributed by atoms with van der Waals surface area (Å²) in [6, 6.07) is 5.37. The summed E-state index contributed by atoms with van der Waals surface area (Å²) in [4.78, 5) is 11.1. The number of aliphatic carboxylic acids is 1. The zero-order valence-electron chi connectivity index (χ0n) is 20.5. The summed E-state index contributed by atoms with van der Waals surface area (Å²) >= 11 is 0. The Morgan fingerprint density at radius 3 is 2.30 bits per heavy atom. The fourth-order valence-corrected chi connectivity index (χ4v) is 3.58. The van der Waals surface area contributed by atoms with Crippen LogP contribution in [-0.2, 0) is 16.0 Å². The number of methoxy groups -OCH3 is 1.